The number of anilines is 2. The van der Waals surface area contributed by atoms with Crippen LogP contribution in [-0.4, -0.2) is 46.4 Å². The van der Waals surface area contributed by atoms with Crippen LogP contribution in [-0.2, 0) is 14.8 Å². The normalized spacial score (nSPS) is 11.9. The minimum Gasteiger partial charge on any atom is -0.454 e. The molecule has 2 N–H and O–H groups in total. The van der Waals surface area contributed by atoms with E-state index < -0.39 is 39.9 Å². The predicted molar refractivity (Wildman–Crippen MR) is 127 cm³/mol. The third kappa shape index (κ3) is 6.49. The summed E-state index contributed by atoms with van der Waals surface area (Å²) >= 11 is 0. The van der Waals surface area contributed by atoms with Gasteiger partial charge in [0.05, 0.1) is 17.1 Å². The predicted octanol–water partition coefficient (Wildman–Crippen LogP) is 5.00. The first-order valence-corrected chi connectivity index (χ1v) is 12.5. The molecular weight excluding hydrogens is 555 g/mol. The van der Waals surface area contributed by atoms with Crippen molar-refractivity contribution in [2.75, 3.05) is 15.8 Å². The van der Waals surface area contributed by atoms with E-state index in [2.05, 4.69) is 24.8 Å². The molecule has 11 nitrogen and oxygen atoms in total. The minimum absolute atomic E-state index is 0.00253. The molecule has 4 rings (SSSR count). The quantitative estimate of drug-likeness (QED) is 0.295. The molecule has 0 fully saturated rings. The van der Waals surface area contributed by atoms with Gasteiger partial charge >= 0.3 is 12.5 Å². The molecule has 0 radical (unpaired) electrons. The first-order valence-electron chi connectivity index (χ1n) is 10.8. The first kappa shape index (κ1) is 27.5. The van der Waals surface area contributed by atoms with Crippen LogP contribution in [0.5, 0.6) is 11.5 Å². The van der Waals surface area contributed by atoms with Gasteiger partial charge in [0.15, 0.2) is 17.4 Å². The summed E-state index contributed by atoms with van der Waals surface area (Å²) in [4.78, 5) is 11.8. The van der Waals surface area contributed by atoms with Crippen molar-refractivity contribution in [1.29, 1.82) is 0 Å². The van der Waals surface area contributed by atoms with Gasteiger partial charge in [-0.25, -0.2) is 22.0 Å². The number of halogens is 5. The van der Waals surface area contributed by atoms with Crippen molar-refractivity contribution < 1.29 is 44.6 Å². The number of aryl methyl sites for hydroxylation is 1. The van der Waals surface area contributed by atoms with Crippen LogP contribution in [0.1, 0.15) is 12.7 Å². The van der Waals surface area contributed by atoms with E-state index >= 15 is 0 Å². The molecule has 17 heteroatoms. The van der Waals surface area contributed by atoms with Crippen LogP contribution in [0.3, 0.4) is 0 Å². The molecule has 0 aliphatic carbocycles. The Hall–Kier alpha value is -4.54. The molecule has 2 aromatic carbocycles. The van der Waals surface area contributed by atoms with Crippen LogP contribution in [0.25, 0.3) is 16.9 Å². The molecule has 0 bridgehead atoms. The number of rotatable bonds is 7. The van der Waals surface area contributed by atoms with E-state index in [0.717, 1.165) is 22.7 Å². The molecule has 0 saturated carbocycles. The number of ether oxygens (including phenoxy) is 2. The third-order valence-electron chi connectivity index (χ3n) is 4.99. The Labute approximate surface area is 216 Å². The smallest absolute Gasteiger partial charge is 0.454 e. The second-order valence-electron chi connectivity index (χ2n) is 7.78. The maximum absolute atomic E-state index is 14.3. The molecule has 0 aliphatic heterocycles. The Morgan fingerprint density at radius 2 is 1.77 bits per heavy atom. The fraction of sp³-hybridized carbons (Fsp3) is 0.182. The highest BCUT2D eigenvalue weighted by Gasteiger charge is 2.34. The average molecular weight is 572 g/mol. The zero-order valence-electron chi connectivity index (χ0n) is 19.9. The number of benzene rings is 2. The largest absolute Gasteiger partial charge is 0.576 e. The zero-order chi connectivity index (χ0) is 28.5. The van der Waals surface area contributed by atoms with Crippen LogP contribution in [0.4, 0.5) is 38.1 Å². The third-order valence-corrected chi connectivity index (χ3v) is 6.30. The second-order valence-corrected chi connectivity index (χ2v) is 9.79. The van der Waals surface area contributed by atoms with Crippen LogP contribution in [0, 0.1) is 18.6 Å². The number of aromatic nitrogens is 4. The molecule has 39 heavy (non-hydrogen) atoms. The lowest BCUT2D eigenvalue weighted by Crippen LogP contribution is -2.24. The summed E-state index contributed by atoms with van der Waals surface area (Å²) < 4.78 is 102. The topological polar surface area (TPSA) is 137 Å². The SMILES string of the molecule is CCS(=O)(=O)Nc1ccc(Oc2ccc(F)cc2F)c(-c2cc(NC(=O)OC(F)(F)F)c3nnc(C)n3n2)c1. The maximum atomic E-state index is 14.3. The van der Waals surface area contributed by atoms with E-state index in [0.29, 0.717) is 6.07 Å². The van der Waals surface area contributed by atoms with Crippen LogP contribution in [0.2, 0.25) is 0 Å². The average Bonchev–Trinajstić information content (AvgIpc) is 3.21. The number of carbonyl (C=O) groups excluding carboxylic acids is 1. The number of sulfonamides is 1. The monoisotopic (exact) mass is 572 g/mol. The molecule has 206 valence electrons. The maximum Gasteiger partial charge on any atom is 0.576 e. The number of amides is 1. The highest BCUT2D eigenvalue weighted by atomic mass is 32.2. The Morgan fingerprint density at radius 3 is 2.44 bits per heavy atom. The fourth-order valence-corrected chi connectivity index (χ4v) is 3.89. The van der Waals surface area contributed by atoms with Crippen LogP contribution >= 0.6 is 0 Å². The minimum atomic E-state index is -5.27. The molecule has 4 aromatic rings. The van der Waals surface area contributed by atoms with Gasteiger partial charge in [-0.15, -0.1) is 23.4 Å². The lowest BCUT2D eigenvalue weighted by atomic mass is 10.1. The standard InChI is InChI=1S/C22H17F5N6O5S/c1-3-39(35,36)32-13-5-7-18(37-19-6-4-12(23)8-15(19)24)14(9-13)16-10-17(28-21(34)38-22(25,26)27)20-30-29-11(2)33(20)31-16/h4-10,32H,3H2,1-2H3,(H,28,34). The van der Waals surface area contributed by atoms with Gasteiger partial charge in [0.25, 0.3) is 0 Å². The Morgan fingerprint density at radius 1 is 1.05 bits per heavy atom. The van der Waals surface area contributed by atoms with Gasteiger partial charge < -0.3 is 9.47 Å². The molecule has 0 atom stereocenters. The highest BCUT2D eigenvalue weighted by molar-refractivity contribution is 7.92. The van der Waals surface area contributed by atoms with Crippen molar-refractivity contribution in [3.8, 4) is 22.8 Å². The lowest BCUT2D eigenvalue weighted by molar-refractivity contribution is -0.289. The summed E-state index contributed by atoms with van der Waals surface area (Å²) in [6.45, 7) is 2.87. The van der Waals surface area contributed by atoms with Crippen molar-refractivity contribution >= 4 is 33.1 Å². The number of nitrogens with zero attached hydrogens (tertiary/aromatic N) is 4. The first-order chi connectivity index (χ1) is 18.2. The van der Waals surface area contributed by atoms with Crippen molar-refractivity contribution in [3.05, 3.63) is 59.9 Å². The number of hydrogen-bond acceptors (Lipinski definition) is 8. The van der Waals surface area contributed by atoms with Gasteiger partial charge in [-0.2, -0.15) is 9.61 Å². The number of fused-ring (bicyclic) bond motifs is 1. The van der Waals surface area contributed by atoms with E-state index in [-0.39, 0.29) is 45.6 Å². The Kier molecular flexibility index (Phi) is 7.27. The van der Waals surface area contributed by atoms with Crippen LogP contribution in [0.15, 0.2) is 42.5 Å². The molecule has 0 aliphatic rings. The number of alkyl halides is 3. The summed E-state index contributed by atoms with van der Waals surface area (Å²) in [6.07, 6.45) is -7.15. The summed E-state index contributed by atoms with van der Waals surface area (Å²) in [6, 6.07) is 7.47. The summed E-state index contributed by atoms with van der Waals surface area (Å²) in [5, 5.41) is 13.8. The lowest BCUT2D eigenvalue weighted by Gasteiger charge is -2.15. The zero-order valence-corrected chi connectivity index (χ0v) is 20.7. The van der Waals surface area contributed by atoms with Gasteiger partial charge in [-0.3, -0.25) is 10.0 Å². The van der Waals surface area contributed by atoms with E-state index in [1.165, 1.54) is 32.0 Å². The second kappa shape index (κ2) is 10.3. The van der Waals surface area contributed by atoms with E-state index in [9.17, 15) is 35.2 Å². The molecule has 1 amide bonds. The van der Waals surface area contributed by atoms with Gasteiger partial charge in [-0.05, 0) is 50.2 Å². The Balaban J connectivity index is 1.87. The van der Waals surface area contributed by atoms with Crippen molar-refractivity contribution in [2.24, 2.45) is 0 Å². The van der Waals surface area contributed by atoms with Crippen molar-refractivity contribution in [2.45, 2.75) is 20.2 Å². The van der Waals surface area contributed by atoms with Gasteiger partial charge in [0, 0.05) is 17.3 Å². The molecule has 0 unspecified atom stereocenters. The molecule has 2 aromatic heterocycles. The number of carbonyl (C=O) groups is 1. The number of hydrogen-bond donors (Lipinski definition) is 2. The molecule has 0 saturated heterocycles. The molecule has 0 spiro atoms. The fourth-order valence-electron chi connectivity index (χ4n) is 3.26. The molecular formula is C22H17F5N6O5S. The van der Waals surface area contributed by atoms with Gasteiger partial charge in [-0.1, -0.05) is 0 Å². The van der Waals surface area contributed by atoms with Crippen LogP contribution < -0.4 is 14.8 Å². The molecule has 2 heterocycles. The van der Waals surface area contributed by atoms with Gasteiger partial charge in [0.1, 0.15) is 11.6 Å². The van der Waals surface area contributed by atoms with Crippen molar-refractivity contribution in [1.82, 2.24) is 19.8 Å². The van der Waals surface area contributed by atoms with Crippen molar-refractivity contribution in [3.63, 3.8) is 0 Å². The van der Waals surface area contributed by atoms with E-state index in [1.54, 1.807) is 0 Å². The summed E-state index contributed by atoms with van der Waals surface area (Å²) in [7, 11) is -3.75. The number of nitrogens with one attached hydrogen (secondary N) is 2. The summed E-state index contributed by atoms with van der Waals surface area (Å²) in [5.41, 5.74) is -0.522. The van der Waals surface area contributed by atoms with E-state index in [4.69, 9.17) is 4.74 Å². The van der Waals surface area contributed by atoms with Gasteiger partial charge in [0.2, 0.25) is 15.7 Å². The van der Waals surface area contributed by atoms with E-state index in [1.807, 2.05) is 5.32 Å². The highest BCUT2D eigenvalue weighted by Crippen LogP contribution is 2.37. The Bertz CT molecular complexity index is 1680. The summed E-state index contributed by atoms with van der Waals surface area (Å²) in [5.74, 6) is -2.52.